The van der Waals surface area contributed by atoms with E-state index in [2.05, 4.69) is 44.3 Å². The molecule has 0 spiro atoms. The minimum atomic E-state index is -0.270. The molecule has 0 fully saturated rings. The van der Waals surface area contributed by atoms with E-state index in [4.69, 9.17) is 0 Å². The van der Waals surface area contributed by atoms with E-state index in [1.807, 2.05) is 0 Å². The number of aliphatic hydroxyl groups excluding tert-OH is 1. The van der Waals surface area contributed by atoms with E-state index in [-0.39, 0.29) is 6.10 Å². The zero-order valence-corrected chi connectivity index (χ0v) is 11.8. The highest BCUT2D eigenvalue weighted by Gasteiger charge is 2.05. The lowest BCUT2D eigenvalue weighted by Gasteiger charge is -2.11. The number of aryl methyl sites for hydroxylation is 2. The SMILES string of the molecule is CCCNCC(O)CSc1ccc(C)c(C)c1. The average Bonchev–Trinajstić information content (AvgIpc) is 2.31. The first-order valence-electron chi connectivity index (χ1n) is 6.22. The maximum atomic E-state index is 9.78. The molecule has 3 heteroatoms. The second-order valence-electron chi connectivity index (χ2n) is 4.42. The van der Waals surface area contributed by atoms with E-state index in [0.717, 1.165) is 18.7 Å². The summed E-state index contributed by atoms with van der Waals surface area (Å²) in [7, 11) is 0. The molecule has 1 unspecified atom stereocenters. The Hall–Kier alpha value is -0.510. The zero-order chi connectivity index (χ0) is 12.7. The minimum absolute atomic E-state index is 0.270. The Kier molecular flexibility index (Phi) is 6.63. The molecule has 2 nitrogen and oxygen atoms in total. The average molecular weight is 253 g/mol. The number of hydrogen-bond acceptors (Lipinski definition) is 3. The molecule has 0 aliphatic heterocycles. The van der Waals surface area contributed by atoms with Crippen LogP contribution in [0.5, 0.6) is 0 Å². The van der Waals surface area contributed by atoms with Crippen molar-refractivity contribution in [3.63, 3.8) is 0 Å². The van der Waals surface area contributed by atoms with Crippen LogP contribution in [0.2, 0.25) is 0 Å². The molecule has 1 aromatic rings. The van der Waals surface area contributed by atoms with Crippen LogP contribution in [0.25, 0.3) is 0 Å². The van der Waals surface area contributed by atoms with Crippen LogP contribution >= 0.6 is 11.8 Å². The van der Waals surface area contributed by atoms with Crippen LogP contribution < -0.4 is 5.32 Å². The van der Waals surface area contributed by atoms with Crippen LogP contribution in [-0.4, -0.2) is 30.1 Å². The van der Waals surface area contributed by atoms with Gasteiger partial charge in [0.15, 0.2) is 0 Å². The van der Waals surface area contributed by atoms with Gasteiger partial charge in [-0.25, -0.2) is 0 Å². The summed E-state index contributed by atoms with van der Waals surface area (Å²) in [6, 6.07) is 6.45. The molecular formula is C14H23NOS. The second-order valence-corrected chi connectivity index (χ2v) is 5.51. The molecule has 0 aromatic heterocycles. The van der Waals surface area contributed by atoms with Crippen LogP contribution in [0.15, 0.2) is 23.1 Å². The van der Waals surface area contributed by atoms with Crippen LogP contribution in [0, 0.1) is 13.8 Å². The highest BCUT2D eigenvalue weighted by atomic mass is 32.2. The summed E-state index contributed by atoms with van der Waals surface area (Å²) < 4.78 is 0. The third-order valence-corrected chi connectivity index (χ3v) is 3.87. The summed E-state index contributed by atoms with van der Waals surface area (Å²) in [5.74, 6) is 0.749. The molecule has 0 saturated heterocycles. The first-order valence-corrected chi connectivity index (χ1v) is 7.21. The van der Waals surface area contributed by atoms with Gasteiger partial charge in [-0.1, -0.05) is 13.0 Å². The van der Waals surface area contributed by atoms with E-state index in [9.17, 15) is 5.11 Å². The van der Waals surface area contributed by atoms with Gasteiger partial charge in [-0.3, -0.25) is 0 Å². The zero-order valence-electron chi connectivity index (χ0n) is 11.0. The standard InChI is InChI=1S/C14H23NOS/c1-4-7-15-9-13(16)10-17-14-6-5-11(2)12(3)8-14/h5-6,8,13,15-16H,4,7,9-10H2,1-3H3. The molecule has 0 amide bonds. The number of benzene rings is 1. The Morgan fingerprint density at radius 3 is 2.71 bits per heavy atom. The highest BCUT2D eigenvalue weighted by molar-refractivity contribution is 7.99. The largest absolute Gasteiger partial charge is 0.391 e. The Labute approximate surface area is 109 Å². The molecule has 1 rings (SSSR count). The number of thioether (sulfide) groups is 1. The molecule has 96 valence electrons. The summed E-state index contributed by atoms with van der Waals surface area (Å²) >= 11 is 1.72. The summed E-state index contributed by atoms with van der Waals surface area (Å²) in [6.07, 6.45) is 0.838. The fourth-order valence-corrected chi connectivity index (χ4v) is 2.43. The fraction of sp³-hybridized carbons (Fsp3) is 0.571. The second kappa shape index (κ2) is 7.75. The number of rotatable bonds is 7. The van der Waals surface area contributed by atoms with Gasteiger partial charge in [-0.2, -0.15) is 0 Å². The van der Waals surface area contributed by atoms with E-state index in [1.165, 1.54) is 16.0 Å². The molecule has 1 aromatic carbocycles. The van der Waals surface area contributed by atoms with Crippen molar-refractivity contribution in [1.29, 1.82) is 0 Å². The molecule has 2 N–H and O–H groups in total. The van der Waals surface area contributed by atoms with Gasteiger partial charge in [-0.05, 0) is 50.1 Å². The van der Waals surface area contributed by atoms with Crippen molar-refractivity contribution >= 4 is 11.8 Å². The van der Waals surface area contributed by atoms with Gasteiger partial charge < -0.3 is 10.4 Å². The maximum Gasteiger partial charge on any atom is 0.0758 e. The third kappa shape index (κ3) is 5.57. The van der Waals surface area contributed by atoms with E-state index < -0.39 is 0 Å². The predicted octanol–water partition coefficient (Wildman–Crippen LogP) is 2.76. The van der Waals surface area contributed by atoms with Crippen LogP contribution in [0.4, 0.5) is 0 Å². The molecule has 0 aliphatic carbocycles. The van der Waals surface area contributed by atoms with Crippen LogP contribution in [0.1, 0.15) is 24.5 Å². The van der Waals surface area contributed by atoms with Crippen molar-refractivity contribution in [3.8, 4) is 0 Å². The summed E-state index contributed by atoms with van der Waals surface area (Å²) in [6.45, 7) is 8.03. The number of nitrogens with one attached hydrogen (secondary N) is 1. The lowest BCUT2D eigenvalue weighted by Crippen LogP contribution is -2.28. The summed E-state index contributed by atoms with van der Waals surface area (Å²) in [5.41, 5.74) is 2.63. The van der Waals surface area contributed by atoms with E-state index in [0.29, 0.717) is 6.54 Å². The topological polar surface area (TPSA) is 32.3 Å². The smallest absolute Gasteiger partial charge is 0.0758 e. The first kappa shape index (κ1) is 14.6. The van der Waals surface area contributed by atoms with Crippen LogP contribution in [0.3, 0.4) is 0 Å². The van der Waals surface area contributed by atoms with Gasteiger partial charge in [0.05, 0.1) is 6.10 Å². The predicted molar refractivity (Wildman–Crippen MR) is 75.8 cm³/mol. The summed E-state index contributed by atoms with van der Waals surface area (Å²) in [5, 5.41) is 13.0. The van der Waals surface area contributed by atoms with E-state index >= 15 is 0 Å². The van der Waals surface area contributed by atoms with Crippen molar-refractivity contribution < 1.29 is 5.11 Å². The molecular weight excluding hydrogens is 230 g/mol. The number of hydrogen-bond donors (Lipinski definition) is 2. The molecule has 1 atom stereocenters. The van der Waals surface area contributed by atoms with Gasteiger partial charge in [-0.15, -0.1) is 11.8 Å². The normalized spacial score (nSPS) is 12.7. The van der Waals surface area contributed by atoms with Gasteiger partial charge in [0.1, 0.15) is 0 Å². The minimum Gasteiger partial charge on any atom is -0.391 e. The maximum absolute atomic E-state index is 9.78. The van der Waals surface area contributed by atoms with Crippen molar-refractivity contribution in [2.75, 3.05) is 18.8 Å². The lowest BCUT2D eigenvalue weighted by atomic mass is 10.1. The Morgan fingerprint density at radius 1 is 1.29 bits per heavy atom. The van der Waals surface area contributed by atoms with Crippen molar-refractivity contribution in [2.45, 2.75) is 38.2 Å². The molecule has 0 radical (unpaired) electrons. The molecule has 0 bridgehead atoms. The third-order valence-electron chi connectivity index (χ3n) is 2.73. The lowest BCUT2D eigenvalue weighted by molar-refractivity contribution is 0.196. The Bertz CT molecular complexity index is 341. The highest BCUT2D eigenvalue weighted by Crippen LogP contribution is 2.21. The van der Waals surface area contributed by atoms with Crippen LogP contribution in [-0.2, 0) is 0 Å². The van der Waals surface area contributed by atoms with Gasteiger partial charge in [0, 0.05) is 17.2 Å². The first-order chi connectivity index (χ1) is 8.13. The monoisotopic (exact) mass is 253 g/mol. The van der Waals surface area contributed by atoms with Gasteiger partial charge >= 0.3 is 0 Å². The molecule has 0 heterocycles. The van der Waals surface area contributed by atoms with Crippen molar-refractivity contribution in [2.24, 2.45) is 0 Å². The molecule has 0 aliphatic rings. The quantitative estimate of drug-likeness (QED) is 0.579. The summed E-state index contributed by atoms with van der Waals surface area (Å²) in [4.78, 5) is 1.24. The number of aliphatic hydroxyl groups is 1. The Morgan fingerprint density at radius 2 is 2.06 bits per heavy atom. The van der Waals surface area contributed by atoms with Gasteiger partial charge in [0.2, 0.25) is 0 Å². The Balaban J connectivity index is 2.31. The van der Waals surface area contributed by atoms with Crippen molar-refractivity contribution in [3.05, 3.63) is 29.3 Å². The van der Waals surface area contributed by atoms with Gasteiger partial charge in [0.25, 0.3) is 0 Å². The molecule has 17 heavy (non-hydrogen) atoms. The van der Waals surface area contributed by atoms with E-state index in [1.54, 1.807) is 11.8 Å². The van der Waals surface area contributed by atoms with Crippen molar-refractivity contribution in [1.82, 2.24) is 5.32 Å². The molecule has 0 saturated carbocycles. The fourth-order valence-electron chi connectivity index (χ4n) is 1.50.